The summed E-state index contributed by atoms with van der Waals surface area (Å²) in [5.74, 6) is 1.46. The van der Waals surface area contributed by atoms with Crippen LogP contribution in [0, 0.1) is 17.8 Å². The number of hydrogen-bond acceptors (Lipinski definition) is 5. The molecule has 0 aromatic carbocycles. The van der Waals surface area contributed by atoms with E-state index in [4.69, 9.17) is 4.74 Å². The summed E-state index contributed by atoms with van der Waals surface area (Å²) in [4.78, 5) is 32.3. The van der Waals surface area contributed by atoms with E-state index in [-0.39, 0.29) is 17.1 Å². The zero-order valence-electron chi connectivity index (χ0n) is 13.9. The summed E-state index contributed by atoms with van der Waals surface area (Å²) in [6.45, 7) is 1.62. The highest BCUT2D eigenvalue weighted by Crippen LogP contribution is 2.55. The Morgan fingerprint density at radius 2 is 1.79 bits per heavy atom. The molecule has 4 aliphatic carbocycles. The molecule has 1 aromatic heterocycles. The molecule has 24 heavy (non-hydrogen) atoms. The number of nitrogens with zero attached hydrogens (tertiary/aromatic N) is 2. The van der Waals surface area contributed by atoms with Gasteiger partial charge < -0.3 is 10.1 Å². The molecular weight excluding hydrogens is 306 g/mol. The molecule has 0 saturated heterocycles. The number of nitrogens with one attached hydrogen (secondary N) is 1. The van der Waals surface area contributed by atoms with Gasteiger partial charge in [0.15, 0.2) is 11.8 Å². The maximum absolute atomic E-state index is 12.6. The number of rotatable bonds is 4. The Hall–Kier alpha value is -1.98. The van der Waals surface area contributed by atoms with Gasteiger partial charge in [-0.2, -0.15) is 0 Å². The largest absolute Gasteiger partial charge is 0.448 e. The van der Waals surface area contributed by atoms with Crippen molar-refractivity contribution in [3.05, 3.63) is 24.3 Å². The molecule has 4 bridgehead atoms. The van der Waals surface area contributed by atoms with Crippen molar-refractivity contribution in [3.8, 4) is 0 Å². The number of esters is 1. The summed E-state index contributed by atoms with van der Waals surface area (Å²) in [6, 6.07) is 0. The van der Waals surface area contributed by atoms with Crippen LogP contribution in [0.5, 0.6) is 0 Å². The van der Waals surface area contributed by atoms with Crippen molar-refractivity contribution in [3.63, 3.8) is 0 Å². The molecule has 6 heteroatoms. The van der Waals surface area contributed by atoms with E-state index < -0.39 is 12.1 Å². The lowest BCUT2D eigenvalue weighted by molar-refractivity contribution is -0.134. The van der Waals surface area contributed by atoms with E-state index in [1.54, 1.807) is 6.92 Å². The molecule has 4 aliphatic rings. The SMILES string of the molecule is C[C@H](OC(=O)c1cnccn1)C(=O)NC12CC3CC(CC(C3)C1)C2. The molecule has 1 heterocycles. The van der Waals surface area contributed by atoms with Crippen LogP contribution in [-0.4, -0.2) is 33.5 Å². The number of carbonyl (C=O) groups excluding carboxylic acids is 2. The quantitative estimate of drug-likeness (QED) is 0.856. The van der Waals surface area contributed by atoms with E-state index in [1.165, 1.54) is 37.9 Å². The van der Waals surface area contributed by atoms with Crippen LogP contribution in [0.1, 0.15) is 55.9 Å². The van der Waals surface area contributed by atoms with Crippen molar-refractivity contribution in [2.45, 2.75) is 57.1 Å². The van der Waals surface area contributed by atoms with Gasteiger partial charge in [-0.3, -0.25) is 9.78 Å². The van der Waals surface area contributed by atoms with E-state index in [9.17, 15) is 9.59 Å². The molecule has 0 unspecified atom stereocenters. The van der Waals surface area contributed by atoms with Crippen LogP contribution in [0.2, 0.25) is 0 Å². The molecule has 128 valence electrons. The van der Waals surface area contributed by atoms with Crippen LogP contribution in [0.3, 0.4) is 0 Å². The predicted octanol–water partition coefficient (Wildman–Crippen LogP) is 2.11. The number of amides is 1. The Kier molecular flexibility index (Phi) is 3.77. The fourth-order valence-corrected chi connectivity index (χ4v) is 5.31. The van der Waals surface area contributed by atoms with Crippen LogP contribution in [-0.2, 0) is 9.53 Å². The van der Waals surface area contributed by atoms with Gasteiger partial charge in [0, 0.05) is 17.9 Å². The van der Waals surface area contributed by atoms with Crippen LogP contribution in [0.25, 0.3) is 0 Å². The van der Waals surface area contributed by atoms with Crippen molar-refractivity contribution < 1.29 is 14.3 Å². The Bertz CT molecular complexity index is 611. The number of aromatic nitrogens is 2. The number of hydrogen-bond donors (Lipinski definition) is 1. The molecular formula is C18H23N3O3. The van der Waals surface area contributed by atoms with Gasteiger partial charge in [0.05, 0.1) is 6.20 Å². The first kappa shape index (κ1) is 15.5. The fraction of sp³-hybridized carbons (Fsp3) is 0.667. The van der Waals surface area contributed by atoms with Crippen molar-refractivity contribution in [2.75, 3.05) is 0 Å². The normalized spacial score (nSPS) is 34.6. The van der Waals surface area contributed by atoms with Crippen LogP contribution >= 0.6 is 0 Å². The van der Waals surface area contributed by atoms with Gasteiger partial charge in [0.2, 0.25) is 0 Å². The Balaban J connectivity index is 1.38. The first-order valence-electron chi connectivity index (χ1n) is 8.82. The number of ether oxygens (including phenoxy) is 1. The number of carbonyl (C=O) groups is 2. The average molecular weight is 329 g/mol. The molecule has 5 rings (SSSR count). The lowest BCUT2D eigenvalue weighted by Crippen LogP contribution is -2.61. The van der Waals surface area contributed by atoms with Gasteiger partial charge in [-0.05, 0) is 63.2 Å². The molecule has 1 aromatic rings. The second-order valence-electron chi connectivity index (χ2n) is 7.83. The van der Waals surface area contributed by atoms with E-state index in [2.05, 4.69) is 15.3 Å². The summed E-state index contributed by atoms with van der Waals surface area (Å²) < 4.78 is 5.26. The van der Waals surface area contributed by atoms with Gasteiger partial charge in [-0.15, -0.1) is 0 Å². The minimum Gasteiger partial charge on any atom is -0.448 e. The molecule has 1 amide bonds. The Morgan fingerprint density at radius 3 is 2.33 bits per heavy atom. The maximum Gasteiger partial charge on any atom is 0.359 e. The minimum absolute atomic E-state index is 0.0704. The lowest BCUT2D eigenvalue weighted by Gasteiger charge is -2.57. The molecule has 0 aliphatic heterocycles. The van der Waals surface area contributed by atoms with Gasteiger partial charge in [0.25, 0.3) is 5.91 Å². The summed E-state index contributed by atoms with van der Waals surface area (Å²) in [5.41, 5.74) is 0.0472. The van der Waals surface area contributed by atoms with E-state index in [1.807, 2.05) is 0 Å². The van der Waals surface area contributed by atoms with Crippen molar-refractivity contribution in [2.24, 2.45) is 17.8 Å². The standard InChI is InChI=1S/C18H23N3O3/c1-11(24-17(23)15-10-19-2-3-20-15)16(22)21-18-7-12-4-13(8-18)6-14(5-12)9-18/h2-3,10-14H,4-9H2,1H3,(H,21,22)/t11-,12?,13?,14?,18?/m0/s1. The molecule has 1 atom stereocenters. The summed E-state index contributed by atoms with van der Waals surface area (Å²) in [7, 11) is 0. The van der Waals surface area contributed by atoms with Crippen molar-refractivity contribution >= 4 is 11.9 Å². The van der Waals surface area contributed by atoms with Gasteiger partial charge in [0.1, 0.15) is 0 Å². The third kappa shape index (κ3) is 2.89. The Morgan fingerprint density at radius 1 is 1.17 bits per heavy atom. The third-order valence-corrected chi connectivity index (χ3v) is 5.85. The smallest absolute Gasteiger partial charge is 0.359 e. The summed E-state index contributed by atoms with van der Waals surface area (Å²) in [5, 5.41) is 3.23. The predicted molar refractivity (Wildman–Crippen MR) is 86.0 cm³/mol. The summed E-state index contributed by atoms with van der Waals surface area (Å²) in [6.07, 6.45) is 10.6. The molecule has 1 N–H and O–H groups in total. The minimum atomic E-state index is -0.826. The highest BCUT2D eigenvalue weighted by atomic mass is 16.5. The van der Waals surface area contributed by atoms with E-state index in [0.717, 1.165) is 37.0 Å². The van der Waals surface area contributed by atoms with Gasteiger partial charge in [-0.1, -0.05) is 0 Å². The van der Waals surface area contributed by atoms with E-state index >= 15 is 0 Å². The highest BCUT2D eigenvalue weighted by Gasteiger charge is 2.51. The molecule has 6 nitrogen and oxygen atoms in total. The topological polar surface area (TPSA) is 81.2 Å². The third-order valence-electron chi connectivity index (χ3n) is 5.85. The Labute approximate surface area is 141 Å². The maximum atomic E-state index is 12.6. The van der Waals surface area contributed by atoms with Crippen molar-refractivity contribution in [1.82, 2.24) is 15.3 Å². The van der Waals surface area contributed by atoms with Crippen LogP contribution < -0.4 is 5.32 Å². The van der Waals surface area contributed by atoms with Gasteiger partial charge in [-0.25, -0.2) is 9.78 Å². The zero-order valence-corrected chi connectivity index (χ0v) is 13.9. The summed E-state index contributed by atoms with van der Waals surface area (Å²) >= 11 is 0. The first-order valence-corrected chi connectivity index (χ1v) is 8.82. The second-order valence-corrected chi connectivity index (χ2v) is 7.83. The van der Waals surface area contributed by atoms with E-state index in [0.29, 0.717) is 0 Å². The monoisotopic (exact) mass is 329 g/mol. The molecule has 4 saturated carbocycles. The van der Waals surface area contributed by atoms with Crippen molar-refractivity contribution in [1.29, 1.82) is 0 Å². The second kappa shape index (κ2) is 5.83. The molecule has 4 fully saturated rings. The lowest BCUT2D eigenvalue weighted by atomic mass is 9.53. The average Bonchev–Trinajstić information content (AvgIpc) is 2.53. The van der Waals surface area contributed by atoms with Crippen LogP contribution in [0.15, 0.2) is 18.6 Å². The highest BCUT2D eigenvalue weighted by molar-refractivity contribution is 5.90. The first-order chi connectivity index (χ1) is 11.5. The van der Waals surface area contributed by atoms with Gasteiger partial charge >= 0.3 is 5.97 Å². The fourth-order valence-electron chi connectivity index (χ4n) is 5.31. The van der Waals surface area contributed by atoms with Crippen LogP contribution in [0.4, 0.5) is 0 Å². The molecule has 0 radical (unpaired) electrons. The molecule has 0 spiro atoms. The zero-order chi connectivity index (χ0) is 16.7.